The molecule has 2 aromatic carbocycles. The first-order valence-electron chi connectivity index (χ1n) is 9.85. The maximum Gasteiger partial charge on any atom is 0.165 e. The molecule has 0 radical (unpaired) electrons. The van der Waals surface area contributed by atoms with Crippen molar-refractivity contribution in [3.63, 3.8) is 0 Å². The number of fused-ring (bicyclic) bond motifs is 1. The van der Waals surface area contributed by atoms with Gasteiger partial charge in [-0.1, -0.05) is 17.7 Å². The van der Waals surface area contributed by atoms with Crippen molar-refractivity contribution in [1.29, 1.82) is 0 Å². The molecule has 0 aliphatic carbocycles. The van der Waals surface area contributed by atoms with Gasteiger partial charge in [0.2, 0.25) is 0 Å². The molecule has 162 valence electrons. The summed E-state index contributed by atoms with van der Waals surface area (Å²) in [5, 5.41) is 7.03. The SMILES string of the molecule is COc1cc2ncnc(Nc3cccc(Cl)c3F)c2cc1CN(C)C1(CC=O)CNC1. The zero-order valence-electron chi connectivity index (χ0n) is 17.3. The highest BCUT2D eigenvalue weighted by Gasteiger charge is 2.40. The van der Waals surface area contributed by atoms with Crippen molar-refractivity contribution in [1.82, 2.24) is 20.2 Å². The lowest BCUT2D eigenvalue weighted by Gasteiger charge is -2.48. The van der Waals surface area contributed by atoms with E-state index in [-0.39, 0.29) is 16.2 Å². The molecule has 0 unspecified atom stereocenters. The zero-order chi connectivity index (χ0) is 22.0. The summed E-state index contributed by atoms with van der Waals surface area (Å²) in [5.41, 5.74) is 1.60. The van der Waals surface area contributed by atoms with Gasteiger partial charge in [-0.15, -0.1) is 0 Å². The summed E-state index contributed by atoms with van der Waals surface area (Å²) in [4.78, 5) is 22.0. The van der Waals surface area contributed by atoms with Crippen molar-refractivity contribution in [2.24, 2.45) is 0 Å². The number of benzene rings is 2. The summed E-state index contributed by atoms with van der Waals surface area (Å²) >= 11 is 5.91. The minimum Gasteiger partial charge on any atom is -0.496 e. The van der Waals surface area contributed by atoms with Gasteiger partial charge in [-0.3, -0.25) is 4.90 Å². The number of halogens is 2. The molecule has 31 heavy (non-hydrogen) atoms. The second-order valence-corrected chi connectivity index (χ2v) is 8.09. The Bertz CT molecular complexity index is 1120. The second kappa shape index (κ2) is 8.74. The van der Waals surface area contributed by atoms with Crippen LogP contribution in [0.25, 0.3) is 10.9 Å². The average Bonchev–Trinajstić information content (AvgIpc) is 2.73. The molecule has 1 fully saturated rings. The maximum absolute atomic E-state index is 14.4. The molecule has 2 N–H and O–H groups in total. The van der Waals surface area contributed by atoms with E-state index in [0.29, 0.717) is 30.0 Å². The largest absolute Gasteiger partial charge is 0.496 e. The van der Waals surface area contributed by atoms with Crippen LogP contribution in [0.3, 0.4) is 0 Å². The van der Waals surface area contributed by atoms with Crippen LogP contribution in [-0.2, 0) is 11.3 Å². The first kappa shape index (κ1) is 21.4. The van der Waals surface area contributed by atoms with Gasteiger partial charge in [0, 0.05) is 43.1 Å². The van der Waals surface area contributed by atoms with Gasteiger partial charge >= 0.3 is 0 Å². The molecule has 0 spiro atoms. The predicted molar refractivity (Wildman–Crippen MR) is 119 cm³/mol. The van der Waals surface area contributed by atoms with Crippen molar-refractivity contribution >= 4 is 40.3 Å². The maximum atomic E-state index is 14.4. The Morgan fingerprint density at radius 1 is 1.35 bits per heavy atom. The van der Waals surface area contributed by atoms with E-state index in [0.717, 1.165) is 30.3 Å². The van der Waals surface area contributed by atoms with Gasteiger partial charge in [-0.25, -0.2) is 14.4 Å². The van der Waals surface area contributed by atoms with Crippen LogP contribution in [0.4, 0.5) is 15.9 Å². The number of carbonyl (C=O) groups excluding carboxylic acids is 1. The molecule has 2 heterocycles. The molecule has 1 saturated heterocycles. The number of methoxy groups -OCH3 is 1. The standard InChI is InChI=1S/C22H23ClFN5O2/c1-29(22(6-7-30)11-25-12-22)10-14-8-15-18(9-19(14)31-2)26-13-27-21(15)28-17-5-3-4-16(23)20(17)24/h3-5,7-9,13,25H,6,10-12H2,1-2H3,(H,26,27,28). The van der Waals surface area contributed by atoms with Gasteiger partial charge < -0.3 is 20.2 Å². The lowest BCUT2D eigenvalue weighted by molar-refractivity contribution is -0.111. The van der Waals surface area contributed by atoms with Crippen molar-refractivity contribution in [2.45, 2.75) is 18.5 Å². The lowest BCUT2D eigenvalue weighted by atomic mass is 9.87. The second-order valence-electron chi connectivity index (χ2n) is 7.68. The third kappa shape index (κ3) is 4.06. The number of hydrogen-bond acceptors (Lipinski definition) is 7. The first-order chi connectivity index (χ1) is 15.0. The Labute approximate surface area is 184 Å². The number of likely N-dealkylation sites (N-methyl/N-ethyl adjacent to an activating group) is 1. The van der Waals surface area contributed by atoms with E-state index in [1.54, 1.807) is 19.2 Å². The van der Waals surface area contributed by atoms with Crippen LogP contribution in [0.2, 0.25) is 5.02 Å². The molecular weight excluding hydrogens is 421 g/mol. The predicted octanol–water partition coefficient (Wildman–Crippen LogP) is 3.54. The molecular formula is C22H23ClFN5O2. The van der Waals surface area contributed by atoms with Crippen LogP contribution in [0.5, 0.6) is 5.75 Å². The molecule has 1 aromatic heterocycles. The minimum atomic E-state index is -0.544. The highest BCUT2D eigenvalue weighted by molar-refractivity contribution is 6.31. The molecule has 0 saturated carbocycles. The number of nitrogens with zero attached hydrogens (tertiary/aromatic N) is 3. The third-order valence-corrected chi connectivity index (χ3v) is 6.12. The fourth-order valence-corrected chi connectivity index (χ4v) is 4.01. The number of aldehydes is 1. The van der Waals surface area contributed by atoms with Gasteiger partial charge in [0.25, 0.3) is 0 Å². The number of carbonyl (C=O) groups is 1. The van der Waals surface area contributed by atoms with Gasteiger partial charge in [-0.05, 0) is 25.2 Å². The van der Waals surface area contributed by atoms with Crippen molar-refractivity contribution in [3.8, 4) is 5.75 Å². The number of nitrogens with one attached hydrogen (secondary N) is 2. The number of ether oxygens (including phenoxy) is 1. The summed E-state index contributed by atoms with van der Waals surface area (Å²) in [6.07, 6.45) is 2.83. The molecule has 0 atom stereocenters. The minimum absolute atomic E-state index is 0.0296. The number of anilines is 2. The summed E-state index contributed by atoms with van der Waals surface area (Å²) in [7, 11) is 3.61. The normalized spacial score (nSPS) is 15.0. The van der Waals surface area contributed by atoms with E-state index in [2.05, 4.69) is 25.5 Å². The summed E-state index contributed by atoms with van der Waals surface area (Å²) in [5.74, 6) is 0.606. The van der Waals surface area contributed by atoms with Gasteiger partial charge in [0.05, 0.1) is 28.9 Å². The lowest BCUT2D eigenvalue weighted by Crippen LogP contribution is -2.67. The molecule has 0 bridgehead atoms. The topological polar surface area (TPSA) is 79.4 Å². The highest BCUT2D eigenvalue weighted by Crippen LogP contribution is 2.33. The fraction of sp³-hybridized carbons (Fsp3) is 0.318. The van der Waals surface area contributed by atoms with Crippen LogP contribution < -0.4 is 15.4 Å². The van der Waals surface area contributed by atoms with Crippen molar-refractivity contribution < 1.29 is 13.9 Å². The summed E-state index contributed by atoms with van der Waals surface area (Å²) in [6.45, 7) is 2.07. The summed E-state index contributed by atoms with van der Waals surface area (Å²) < 4.78 is 20.0. The van der Waals surface area contributed by atoms with Gasteiger partial charge in [-0.2, -0.15) is 0 Å². The number of hydrogen-bond donors (Lipinski definition) is 2. The zero-order valence-corrected chi connectivity index (χ0v) is 18.0. The molecule has 0 amide bonds. The number of aromatic nitrogens is 2. The monoisotopic (exact) mass is 443 g/mol. The Morgan fingerprint density at radius 2 is 2.16 bits per heavy atom. The van der Waals surface area contributed by atoms with E-state index < -0.39 is 5.82 Å². The Kier molecular flexibility index (Phi) is 6.04. The molecule has 4 rings (SSSR count). The molecule has 7 nitrogen and oxygen atoms in total. The molecule has 1 aliphatic rings. The van der Waals surface area contributed by atoms with E-state index in [1.165, 1.54) is 12.4 Å². The fourth-order valence-electron chi connectivity index (χ4n) is 3.83. The van der Waals surface area contributed by atoms with Gasteiger partial charge in [0.1, 0.15) is 24.2 Å². The van der Waals surface area contributed by atoms with Crippen LogP contribution in [0.15, 0.2) is 36.7 Å². The number of rotatable bonds is 8. The Balaban J connectivity index is 1.72. The first-order valence-corrected chi connectivity index (χ1v) is 10.2. The summed E-state index contributed by atoms with van der Waals surface area (Å²) in [6, 6.07) is 8.53. The van der Waals surface area contributed by atoms with Crippen LogP contribution in [-0.4, -0.2) is 53.9 Å². The third-order valence-electron chi connectivity index (χ3n) is 5.83. The van der Waals surface area contributed by atoms with E-state index >= 15 is 0 Å². The van der Waals surface area contributed by atoms with Crippen molar-refractivity contribution in [2.75, 3.05) is 32.6 Å². The average molecular weight is 444 g/mol. The van der Waals surface area contributed by atoms with Crippen LogP contribution >= 0.6 is 11.6 Å². The highest BCUT2D eigenvalue weighted by atomic mass is 35.5. The Hall–Kier alpha value is -2.81. The van der Waals surface area contributed by atoms with E-state index in [1.807, 2.05) is 19.2 Å². The molecule has 3 aromatic rings. The smallest absolute Gasteiger partial charge is 0.165 e. The molecule has 1 aliphatic heterocycles. The Morgan fingerprint density at radius 3 is 2.84 bits per heavy atom. The van der Waals surface area contributed by atoms with Crippen LogP contribution in [0, 0.1) is 5.82 Å². The quantitative estimate of drug-likeness (QED) is 0.515. The molecule has 9 heteroatoms. The van der Waals surface area contributed by atoms with Crippen LogP contribution in [0.1, 0.15) is 12.0 Å². The van der Waals surface area contributed by atoms with E-state index in [9.17, 15) is 9.18 Å². The van der Waals surface area contributed by atoms with Crippen molar-refractivity contribution in [3.05, 3.63) is 53.1 Å². The van der Waals surface area contributed by atoms with Gasteiger partial charge in [0.15, 0.2) is 5.82 Å². The van der Waals surface area contributed by atoms with E-state index in [4.69, 9.17) is 16.3 Å².